The van der Waals surface area contributed by atoms with Gasteiger partial charge < -0.3 is 9.13 Å². The average Bonchev–Trinajstić information content (AvgIpc) is 4.36. The quantitative estimate of drug-likeness (QED) is 0.134. The first-order valence-corrected chi connectivity index (χ1v) is 28.1. The van der Waals surface area contributed by atoms with Crippen molar-refractivity contribution in [3.8, 4) is 53.1 Å². The molecule has 0 aliphatic carbocycles. The minimum absolute atomic E-state index is 0.818. The van der Waals surface area contributed by atoms with Gasteiger partial charge in [-0.3, -0.25) is 0 Å². The first-order valence-electron chi connectivity index (χ1n) is 26.5. The van der Waals surface area contributed by atoms with Gasteiger partial charge in [0.05, 0.1) is 27.8 Å². The Morgan fingerprint density at radius 1 is 0.260 bits per heavy atom. The highest BCUT2D eigenvalue weighted by atomic mass is 32.1. The Labute approximate surface area is 453 Å². The van der Waals surface area contributed by atoms with Crippen LogP contribution in [0.15, 0.2) is 267 Å². The second-order valence-electron chi connectivity index (χ2n) is 20.2. The molecule has 0 fully saturated rings. The molecule has 0 unspecified atom stereocenters. The molecule has 0 amide bonds. The van der Waals surface area contributed by atoms with Crippen LogP contribution in [0, 0.1) is 0 Å². The van der Waals surface area contributed by atoms with Crippen LogP contribution in [0.3, 0.4) is 0 Å². The molecule has 360 valence electrons. The molecular formula is C73H46N2S2. The lowest BCUT2D eigenvalue weighted by atomic mass is 9.87. The Morgan fingerprint density at radius 3 is 1.08 bits per heavy atom. The first kappa shape index (κ1) is 44.0. The molecule has 0 aliphatic heterocycles. The average molecular weight is 1020 g/mol. The van der Waals surface area contributed by atoms with Crippen LogP contribution in [0.25, 0.3) is 140 Å². The summed E-state index contributed by atoms with van der Waals surface area (Å²) < 4.78 is 4.89. The third kappa shape index (κ3) is 6.86. The number of hydrogen-bond acceptors (Lipinski definition) is 2. The van der Waals surface area contributed by atoms with Gasteiger partial charge in [-0.15, -0.1) is 22.7 Å². The maximum Gasteiger partial charge on any atom is 0.0541 e. The molecule has 77 heavy (non-hydrogen) atoms. The number of hydrogen-bond donors (Lipinski definition) is 0. The lowest BCUT2D eigenvalue weighted by molar-refractivity contribution is 1.15. The third-order valence-electron chi connectivity index (χ3n) is 16.0. The van der Waals surface area contributed by atoms with Crippen molar-refractivity contribution in [3.05, 3.63) is 278 Å². The Morgan fingerprint density at radius 2 is 0.610 bits per heavy atom. The van der Waals surface area contributed by atoms with E-state index in [4.69, 9.17) is 0 Å². The van der Waals surface area contributed by atoms with Crippen molar-refractivity contribution < 1.29 is 0 Å². The smallest absolute Gasteiger partial charge is 0.0541 e. The molecule has 0 spiro atoms. The molecule has 4 heteroatoms. The molecule has 4 aromatic heterocycles. The van der Waals surface area contributed by atoms with Gasteiger partial charge in [-0.05, 0) is 133 Å². The van der Waals surface area contributed by atoms with Crippen molar-refractivity contribution in [3.63, 3.8) is 0 Å². The summed E-state index contributed by atoms with van der Waals surface area (Å²) in [7, 11) is 0. The fraction of sp³-hybridized carbons (Fsp3) is 0.0137. The van der Waals surface area contributed by atoms with Crippen LogP contribution < -0.4 is 0 Å². The third-order valence-corrected chi connectivity index (χ3v) is 18.4. The zero-order chi connectivity index (χ0) is 50.6. The lowest BCUT2D eigenvalue weighted by Crippen LogP contribution is -1.98. The van der Waals surface area contributed by atoms with E-state index in [2.05, 4.69) is 276 Å². The number of nitrogens with zero attached hydrogens (tertiary/aromatic N) is 2. The number of benzene rings is 12. The standard InChI is InChI=1S/C73H46N2S2/c1-3-28-54-48(22-1)61(45-46-20-19-21-47(44-46)74-62-35-14-9-24-50(62)51-25-10-15-36-63(51)74)49-23-2-4-29-55(49)72(54)69-42-40-67(76-69)68-41-43-70(77-68)73-58-32-7-5-30-56(58)71(57-31-6-8-33-59(57)73)60-34-13-18-39-66(60)75-64-37-16-11-26-52(64)53-27-12-17-38-65(53)75/h1-44H,45H2. The van der Waals surface area contributed by atoms with Crippen LogP contribution in [0.5, 0.6) is 0 Å². The number of rotatable bonds is 8. The van der Waals surface area contributed by atoms with E-state index in [0.717, 1.165) is 6.42 Å². The number of para-hydroxylation sites is 5. The molecule has 0 N–H and O–H groups in total. The fourth-order valence-corrected chi connectivity index (χ4v) is 15.1. The van der Waals surface area contributed by atoms with Gasteiger partial charge in [-0.2, -0.15) is 0 Å². The molecule has 16 rings (SSSR count). The highest BCUT2D eigenvalue weighted by molar-refractivity contribution is 7.25. The Bertz CT molecular complexity index is 4820. The van der Waals surface area contributed by atoms with E-state index in [-0.39, 0.29) is 0 Å². The van der Waals surface area contributed by atoms with E-state index in [1.807, 2.05) is 22.7 Å². The van der Waals surface area contributed by atoms with Gasteiger partial charge in [0, 0.05) is 63.4 Å². The second kappa shape index (κ2) is 17.6. The van der Waals surface area contributed by atoms with Crippen molar-refractivity contribution in [2.45, 2.75) is 6.42 Å². The summed E-state index contributed by atoms with van der Waals surface area (Å²) in [4.78, 5) is 5.11. The summed E-state index contributed by atoms with van der Waals surface area (Å²) in [6.45, 7) is 0. The van der Waals surface area contributed by atoms with Crippen LogP contribution in [0.4, 0.5) is 0 Å². The topological polar surface area (TPSA) is 9.86 Å². The van der Waals surface area contributed by atoms with Crippen LogP contribution in [0.1, 0.15) is 11.1 Å². The summed E-state index contributed by atoms with van der Waals surface area (Å²) in [6.07, 6.45) is 0.818. The summed E-state index contributed by atoms with van der Waals surface area (Å²) in [5.41, 5.74) is 15.0. The number of thiophene rings is 2. The number of fused-ring (bicyclic) bond motifs is 10. The molecule has 4 heterocycles. The van der Waals surface area contributed by atoms with E-state index >= 15 is 0 Å². The summed E-state index contributed by atoms with van der Waals surface area (Å²) in [5.74, 6) is 0. The van der Waals surface area contributed by atoms with Gasteiger partial charge in [-0.1, -0.05) is 200 Å². The summed E-state index contributed by atoms with van der Waals surface area (Å²) in [5, 5.41) is 15.3. The molecule has 0 saturated heterocycles. The highest BCUT2D eigenvalue weighted by Gasteiger charge is 2.23. The minimum atomic E-state index is 0.818. The van der Waals surface area contributed by atoms with Gasteiger partial charge >= 0.3 is 0 Å². The van der Waals surface area contributed by atoms with Crippen molar-refractivity contribution in [2.24, 2.45) is 0 Å². The largest absolute Gasteiger partial charge is 0.309 e. The van der Waals surface area contributed by atoms with Crippen LogP contribution >= 0.6 is 22.7 Å². The SMILES string of the molecule is c1cc(Cc2c3ccccc3c(-c3ccc(-c4ccc(-c5c6ccccc6c(-c6ccccc6-n6c7ccccc7c7ccccc76)c6ccccc56)s4)s3)c3ccccc23)cc(-n2c3ccccc3c3ccccc32)c1. The second-order valence-corrected chi connectivity index (χ2v) is 22.4. The predicted octanol–water partition coefficient (Wildman–Crippen LogP) is 20.9. The molecule has 2 nitrogen and oxygen atoms in total. The van der Waals surface area contributed by atoms with Gasteiger partial charge in [0.15, 0.2) is 0 Å². The lowest BCUT2D eigenvalue weighted by Gasteiger charge is -2.20. The van der Waals surface area contributed by atoms with Crippen LogP contribution in [0.2, 0.25) is 0 Å². The van der Waals surface area contributed by atoms with E-state index in [9.17, 15) is 0 Å². The molecular weight excluding hydrogens is 969 g/mol. The molecule has 0 aliphatic rings. The first-order chi connectivity index (χ1) is 38.2. The molecule has 0 saturated carbocycles. The van der Waals surface area contributed by atoms with E-state index in [1.54, 1.807) is 0 Å². The van der Waals surface area contributed by atoms with E-state index in [0.29, 0.717) is 0 Å². The monoisotopic (exact) mass is 1010 g/mol. The van der Waals surface area contributed by atoms with Gasteiger partial charge in [0.2, 0.25) is 0 Å². The van der Waals surface area contributed by atoms with Crippen molar-refractivity contribution >= 4 is 109 Å². The van der Waals surface area contributed by atoms with E-state index < -0.39 is 0 Å². The van der Waals surface area contributed by atoms with Crippen LogP contribution in [-0.4, -0.2) is 9.13 Å². The minimum Gasteiger partial charge on any atom is -0.309 e. The highest BCUT2D eigenvalue weighted by Crippen LogP contribution is 2.50. The van der Waals surface area contributed by atoms with Crippen molar-refractivity contribution in [2.75, 3.05) is 0 Å². The molecule has 0 radical (unpaired) electrons. The summed E-state index contributed by atoms with van der Waals surface area (Å²) in [6, 6.07) is 99.0. The molecule has 0 bridgehead atoms. The van der Waals surface area contributed by atoms with Crippen molar-refractivity contribution in [1.82, 2.24) is 9.13 Å². The summed E-state index contributed by atoms with van der Waals surface area (Å²) >= 11 is 3.80. The zero-order valence-corrected chi connectivity index (χ0v) is 43.5. The normalized spacial score (nSPS) is 11.9. The van der Waals surface area contributed by atoms with E-state index in [1.165, 1.54) is 151 Å². The van der Waals surface area contributed by atoms with Crippen molar-refractivity contribution in [1.29, 1.82) is 0 Å². The van der Waals surface area contributed by atoms with Gasteiger partial charge in [-0.25, -0.2) is 0 Å². The van der Waals surface area contributed by atoms with Gasteiger partial charge in [0.25, 0.3) is 0 Å². The molecule has 12 aromatic carbocycles. The predicted molar refractivity (Wildman–Crippen MR) is 332 cm³/mol. The Balaban J connectivity index is 0.796. The Kier molecular flexibility index (Phi) is 10.1. The fourth-order valence-electron chi connectivity index (χ4n) is 12.8. The zero-order valence-electron chi connectivity index (χ0n) is 41.8. The molecule has 16 aromatic rings. The maximum atomic E-state index is 2.46. The van der Waals surface area contributed by atoms with Crippen LogP contribution in [-0.2, 0) is 6.42 Å². The molecule has 0 atom stereocenters. The number of aromatic nitrogens is 2. The van der Waals surface area contributed by atoms with Gasteiger partial charge in [0.1, 0.15) is 0 Å². The maximum absolute atomic E-state index is 2.46. The Hall–Kier alpha value is -9.32.